The molecule has 4 N–H and O–H groups in total. The van der Waals surface area contributed by atoms with Crippen molar-refractivity contribution in [3.63, 3.8) is 0 Å². The van der Waals surface area contributed by atoms with Crippen LogP contribution in [0, 0.1) is 0 Å². The first-order valence-corrected chi connectivity index (χ1v) is 10.7. The third-order valence-corrected chi connectivity index (χ3v) is 6.77. The van der Waals surface area contributed by atoms with Crippen molar-refractivity contribution >= 4 is 55.3 Å². The molecule has 4 aromatic rings. The van der Waals surface area contributed by atoms with Crippen LogP contribution in [0.2, 0.25) is 0 Å². The Hall–Kier alpha value is -3.96. The van der Waals surface area contributed by atoms with E-state index >= 15 is 0 Å². The summed E-state index contributed by atoms with van der Waals surface area (Å²) in [6, 6.07) is 11.8. The van der Waals surface area contributed by atoms with E-state index in [0.29, 0.717) is 33.3 Å². The first-order chi connectivity index (χ1) is 15.1. The SMILES string of the molecule is CN(C)S(=O)(=O)c1ccc(Nc2nc3cc(C(=O)O)ccc3c3[nH]c(C(=O)O)cc23)cc1. The largest absolute Gasteiger partial charge is 0.478 e. The van der Waals surface area contributed by atoms with Gasteiger partial charge >= 0.3 is 11.9 Å². The van der Waals surface area contributed by atoms with E-state index in [1.54, 1.807) is 18.2 Å². The number of nitrogens with zero attached hydrogens (tertiary/aromatic N) is 2. The maximum atomic E-state index is 12.3. The molecule has 0 aliphatic rings. The highest BCUT2D eigenvalue weighted by molar-refractivity contribution is 7.89. The minimum absolute atomic E-state index is 0.0403. The second kappa shape index (κ2) is 7.62. The van der Waals surface area contributed by atoms with E-state index in [1.807, 2.05) is 0 Å². The number of H-pyrrole nitrogens is 1. The molecular weight excluding hydrogens is 436 g/mol. The van der Waals surface area contributed by atoms with Crippen LogP contribution in [-0.4, -0.2) is 58.9 Å². The van der Waals surface area contributed by atoms with Gasteiger partial charge in [0.05, 0.1) is 21.5 Å². The molecule has 164 valence electrons. The number of anilines is 2. The van der Waals surface area contributed by atoms with Crippen molar-refractivity contribution in [2.24, 2.45) is 0 Å². The van der Waals surface area contributed by atoms with Gasteiger partial charge in [0.15, 0.2) is 0 Å². The van der Waals surface area contributed by atoms with E-state index < -0.39 is 22.0 Å². The number of fused-ring (bicyclic) bond motifs is 3. The third-order valence-electron chi connectivity index (χ3n) is 4.95. The van der Waals surface area contributed by atoms with Crippen LogP contribution in [0.25, 0.3) is 21.8 Å². The molecule has 0 amide bonds. The van der Waals surface area contributed by atoms with Crippen molar-refractivity contribution in [1.29, 1.82) is 0 Å². The fourth-order valence-electron chi connectivity index (χ4n) is 3.27. The fraction of sp³-hybridized carbons (Fsp3) is 0.0952. The van der Waals surface area contributed by atoms with Gasteiger partial charge in [0.2, 0.25) is 10.0 Å². The van der Waals surface area contributed by atoms with Crippen LogP contribution in [0.4, 0.5) is 11.5 Å². The van der Waals surface area contributed by atoms with Crippen molar-refractivity contribution in [3.05, 3.63) is 59.8 Å². The highest BCUT2D eigenvalue weighted by Gasteiger charge is 2.18. The first-order valence-electron chi connectivity index (χ1n) is 9.30. The van der Waals surface area contributed by atoms with Crippen LogP contribution in [0.1, 0.15) is 20.8 Å². The summed E-state index contributed by atoms with van der Waals surface area (Å²) in [5.41, 5.74) is 1.35. The normalized spacial score (nSPS) is 11.8. The highest BCUT2D eigenvalue weighted by Crippen LogP contribution is 2.32. The van der Waals surface area contributed by atoms with Gasteiger partial charge in [0.1, 0.15) is 11.5 Å². The lowest BCUT2D eigenvalue weighted by Gasteiger charge is -2.13. The minimum Gasteiger partial charge on any atom is -0.478 e. The van der Waals surface area contributed by atoms with Crippen molar-refractivity contribution in [2.75, 3.05) is 19.4 Å². The molecule has 0 radical (unpaired) electrons. The average molecular weight is 454 g/mol. The molecule has 0 saturated carbocycles. The Labute approximate surface area is 182 Å². The van der Waals surface area contributed by atoms with Gasteiger partial charge in [-0.2, -0.15) is 0 Å². The molecule has 0 aliphatic carbocycles. The van der Waals surface area contributed by atoms with E-state index in [0.717, 1.165) is 4.31 Å². The Bertz CT molecular complexity index is 1490. The second-order valence-electron chi connectivity index (χ2n) is 7.21. The van der Waals surface area contributed by atoms with Crippen LogP contribution in [0.15, 0.2) is 53.4 Å². The molecule has 0 spiro atoms. The van der Waals surface area contributed by atoms with Crippen molar-refractivity contribution in [3.8, 4) is 0 Å². The second-order valence-corrected chi connectivity index (χ2v) is 9.36. The van der Waals surface area contributed by atoms with E-state index in [1.165, 1.54) is 44.4 Å². The number of carboxylic acids is 2. The fourth-order valence-corrected chi connectivity index (χ4v) is 4.17. The molecule has 0 fully saturated rings. The zero-order valence-corrected chi connectivity index (χ0v) is 17.8. The molecule has 2 heterocycles. The Morgan fingerprint density at radius 2 is 1.66 bits per heavy atom. The monoisotopic (exact) mass is 454 g/mol. The number of hydrogen-bond donors (Lipinski definition) is 4. The maximum Gasteiger partial charge on any atom is 0.352 e. The molecule has 0 atom stereocenters. The summed E-state index contributed by atoms with van der Waals surface area (Å²) in [6.07, 6.45) is 0. The number of rotatable bonds is 6. The summed E-state index contributed by atoms with van der Waals surface area (Å²) in [5.74, 6) is -1.97. The molecule has 0 bridgehead atoms. The summed E-state index contributed by atoms with van der Waals surface area (Å²) in [5, 5.41) is 22.8. The number of carboxylic acid groups (broad SMARTS) is 2. The van der Waals surface area contributed by atoms with Crippen LogP contribution in [0.5, 0.6) is 0 Å². The predicted molar refractivity (Wildman–Crippen MR) is 118 cm³/mol. The quantitative estimate of drug-likeness (QED) is 0.347. The van der Waals surface area contributed by atoms with Gasteiger partial charge < -0.3 is 20.5 Å². The lowest BCUT2D eigenvalue weighted by molar-refractivity contribution is 0.0683. The molecule has 11 heteroatoms. The van der Waals surface area contributed by atoms with Crippen molar-refractivity contribution in [1.82, 2.24) is 14.3 Å². The summed E-state index contributed by atoms with van der Waals surface area (Å²) in [6.45, 7) is 0. The highest BCUT2D eigenvalue weighted by atomic mass is 32.2. The van der Waals surface area contributed by atoms with Crippen LogP contribution in [0.3, 0.4) is 0 Å². The van der Waals surface area contributed by atoms with E-state index in [2.05, 4.69) is 15.3 Å². The van der Waals surface area contributed by atoms with Crippen molar-refractivity contribution < 1.29 is 28.2 Å². The Balaban J connectivity index is 1.85. The van der Waals surface area contributed by atoms with Gasteiger partial charge in [-0.25, -0.2) is 27.3 Å². The van der Waals surface area contributed by atoms with Gasteiger partial charge in [-0.1, -0.05) is 0 Å². The van der Waals surface area contributed by atoms with Gasteiger partial charge in [0, 0.05) is 30.6 Å². The first kappa shape index (κ1) is 21.3. The molecule has 0 unspecified atom stereocenters. The van der Waals surface area contributed by atoms with E-state index in [-0.39, 0.29) is 16.2 Å². The number of sulfonamides is 1. The molecule has 2 aromatic heterocycles. The zero-order valence-electron chi connectivity index (χ0n) is 16.9. The molecule has 2 aromatic carbocycles. The summed E-state index contributed by atoms with van der Waals surface area (Å²) in [7, 11) is -0.707. The summed E-state index contributed by atoms with van der Waals surface area (Å²) < 4.78 is 25.6. The Morgan fingerprint density at radius 1 is 0.969 bits per heavy atom. The predicted octanol–water partition coefficient (Wildman–Crippen LogP) is 3.11. The zero-order chi connectivity index (χ0) is 23.2. The molecular formula is C21H18N4O6S. The van der Waals surface area contributed by atoms with Crippen LogP contribution in [-0.2, 0) is 10.0 Å². The van der Waals surface area contributed by atoms with Gasteiger partial charge in [0.25, 0.3) is 0 Å². The van der Waals surface area contributed by atoms with Gasteiger partial charge in [-0.15, -0.1) is 0 Å². The van der Waals surface area contributed by atoms with Crippen LogP contribution >= 0.6 is 0 Å². The Morgan fingerprint density at radius 3 is 2.25 bits per heavy atom. The number of benzene rings is 2. The molecule has 0 aliphatic heterocycles. The van der Waals surface area contributed by atoms with Crippen molar-refractivity contribution in [2.45, 2.75) is 4.90 Å². The van der Waals surface area contributed by atoms with E-state index in [9.17, 15) is 28.2 Å². The minimum atomic E-state index is -3.59. The smallest absolute Gasteiger partial charge is 0.352 e. The topological polar surface area (TPSA) is 153 Å². The number of aromatic amines is 1. The molecule has 10 nitrogen and oxygen atoms in total. The Kier molecular flexibility index (Phi) is 5.07. The number of carbonyl (C=O) groups is 2. The molecule has 0 saturated heterocycles. The average Bonchev–Trinajstić information content (AvgIpc) is 3.20. The summed E-state index contributed by atoms with van der Waals surface area (Å²) in [4.78, 5) is 30.3. The number of nitrogens with one attached hydrogen (secondary N) is 2. The lowest BCUT2D eigenvalue weighted by Crippen LogP contribution is -2.22. The third kappa shape index (κ3) is 3.63. The van der Waals surface area contributed by atoms with Crippen LogP contribution < -0.4 is 5.32 Å². The standard InChI is InChI=1S/C21H18N4O6S/c1-25(2)32(30,31)13-6-4-12(5-7-13)22-19-15-10-17(21(28)29)23-18(15)14-8-3-11(20(26)27)9-16(14)24-19/h3-10,23H,1-2H3,(H,22,24)(H,26,27)(H,28,29). The number of hydrogen-bond acceptors (Lipinski definition) is 6. The maximum absolute atomic E-state index is 12.3. The van der Waals surface area contributed by atoms with Gasteiger partial charge in [-0.05, 0) is 48.5 Å². The summed E-state index contributed by atoms with van der Waals surface area (Å²) >= 11 is 0. The lowest BCUT2D eigenvalue weighted by atomic mass is 10.1. The number of pyridine rings is 1. The van der Waals surface area contributed by atoms with Gasteiger partial charge in [-0.3, -0.25) is 0 Å². The van der Waals surface area contributed by atoms with E-state index in [4.69, 9.17) is 0 Å². The number of aromatic nitrogens is 2. The molecule has 4 rings (SSSR count). The number of aromatic carboxylic acids is 2. The molecule has 32 heavy (non-hydrogen) atoms.